The van der Waals surface area contributed by atoms with Crippen LogP contribution in [0.3, 0.4) is 0 Å². The summed E-state index contributed by atoms with van der Waals surface area (Å²) < 4.78 is 0.961. The molecule has 8 heteroatoms. The van der Waals surface area contributed by atoms with E-state index in [0.29, 0.717) is 12.1 Å². The van der Waals surface area contributed by atoms with Crippen LogP contribution in [0, 0.1) is 0 Å². The molecule has 126 valence electrons. The van der Waals surface area contributed by atoms with Crippen molar-refractivity contribution in [2.45, 2.75) is 19.9 Å². The highest BCUT2D eigenvalue weighted by Crippen LogP contribution is 2.11. The molecule has 0 bridgehead atoms. The molecule has 23 heavy (non-hydrogen) atoms. The largest absolute Gasteiger partial charge is 0.859 e. The minimum absolute atomic E-state index is 0.0519. The lowest BCUT2D eigenvalue weighted by Gasteiger charge is -2.29. The Hall–Kier alpha value is -2.35. The molecule has 8 nitrogen and oxygen atoms in total. The van der Waals surface area contributed by atoms with Gasteiger partial charge in [-0.1, -0.05) is 13.0 Å². The number of hydrazone groups is 1. The summed E-state index contributed by atoms with van der Waals surface area (Å²) in [6, 6.07) is 0. The zero-order chi connectivity index (χ0) is 17.0. The highest BCUT2D eigenvalue weighted by atomic mass is 16.3. The van der Waals surface area contributed by atoms with Crippen molar-refractivity contribution in [2.75, 3.05) is 33.2 Å². The second kappa shape index (κ2) is 7.28. The molecule has 0 unspecified atom stereocenters. The minimum Gasteiger partial charge on any atom is -0.859 e. The number of nitrogens with zero attached hydrogens (tertiary/aromatic N) is 3. The summed E-state index contributed by atoms with van der Waals surface area (Å²) >= 11 is 0. The van der Waals surface area contributed by atoms with E-state index in [1.165, 1.54) is 11.0 Å². The molecule has 1 aromatic heterocycles. The molecule has 0 aliphatic carbocycles. The number of quaternary nitrogens is 1. The molecule has 1 saturated heterocycles. The van der Waals surface area contributed by atoms with Gasteiger partial charge in [-0.3, -0.25) is 14.8 Å². The van der Waals surface area contributed by atoms with Crippen LogP contribution in [0.2, 0.25) is 0 Å². The van der Waals surface area contributed by atoms with Gasteiger partial charge >= 0.3 is 5.69 Å². The Morgan fingerprint density at radius 3 is 2.65 bits per heavy atom. The summed E-state index contributed by atoms with van der Waals surface area (Å²) in [5.74, 6) is -0.612. The van der Waals surface area contributed by atoms with Gasteiger partial charge in [-0.25, -0.2) is 4.79 Å². The first-order chi connectivity index (χ1) is 11.0. The SMILES string of the molecule is C=CCn1c([O-])c(C(CC)=NN2CC[NH+](C)CC2)c(=O)[nH]c1=O. The topological polar surface area (TPSA) is 98.0 Å². The third-order valence-electron chi connectivity index (χ3n) is 3.94. The second-order valence-electron chi connectivity index (χ2n) is 5.65. The normalized spacial score (nSPS) is 16.6. The predicted octanol–water partition coefficient (Wildman–Crippen LogP) is -2.26. The number of nitrogens with one attached hydrogen (secondary N) is 2. The molecule has 1 aromatic rings. The number of aromatic nitrogens is 2. The molecule has 2 N–H and O–H groups in total. The molecule has 2 heterocycles. The van der Waals surface area contributed by atoms with Crippen LogP contribution in [0.1, 0.15) is 18.9 Å². The average molecular weight is 321 g/mol. The molecular weight excluding hydrogens is 298 g/mol. The highest BCUT2D eigenvalue weighted by Gasteiger charge is 2.18. The molecule has 0 aromatic carbocycles. The van der Waals surface area contributed by atoms with Gasteiger partial charge in [0, 0.05) is 6.54 Å². The van der Waals surface area contributed by atoms with Crippen LogP contribution in [0.15, 0.2) is 27.3 Å². The van der Waals surface area contributed by atoms with Crippen LogP contribution < -0.4 is 21.3 Å². The molecule has 0 atom stereocenters. The number of H-pyrrole nitrogens is 1. The van der Waals surface area contributed by atoms with E-state index in [1.54, 1.807) is 0 Å². The van der Waals surface area contributed by atoms with Crippen LogP contribution in [0.25, 0.3) is 0 Å². The smallest absolute Gasteiger partial charge is 0.328 e. The van der Waals surface area contributed by atoms with E-state index in [9.17, 15) is 14.7 Å². The maximum atomic E-state index is 12.5. The molecule has 1 fully saturated rings. The molecule has 2 rings (SSSR count). The number of piperazine rings is 1. The van der Waals surface area contributed by atoms with Crippen molar-refractivity contribution in [3.8, 4) is 5.88 Å². The molecule has 0 saturated carbocycles. The summed E-state index contributed by atoms with van der Waals surface area (Å²) in [4.78, 5) is 27.5. The van der Waals surface area contributed by atoms with E-state index in [4.69, 9.17) is 0 Å². The maximum Gasteiger partial charge on any atom is 0.328 e. The number of allylic oxidation sites excluding steroid dienone is 1. The van der Waals surface area contributed by atoms with Gasteiger partial charge in [0.15, 0.2) is 0 Å². The predicted molar refractivity (Wildman–Crippen MR) is 86.0 cm³/mol. The van der Waals surface area contributed by atoms with E-state index in [1.807, 2.05) is 11.9 Å². The van der Waals surface area contributed by atoms with E-state index in [2.05, 4.69) is 23.7 Å². The van der Waals surface area contributed by atoms with Crippen molar-refractivity contribution in [1.29, 1.82) is 0 Å². The van der Waals surface area contributed by atoms with Crippen molar-refractivity contribution in [3.05, 3.63) is 39.1 Å². The number of aromatic amines is 1. The van der Waals surface area contributed by atoms with Gasteiger partial charge in [-0.2, -0.15) is 5.10 Å². The lowest BCUT2D eigenvalue weighted by Crippen LogP contribution is -3.11. The highest BCUT2D eigenvalue weighted by molar-refractivity contribution is 6.01. The number of hydrogen-bond acceptors (Lipinski definition) is 5. The quantitative estimate of drug-likeness (QED) is 0.472. The first kappa shape index (κ1) is 17.0. The summed E-state index contributed by atoms with van der Waals surface area (Å²) in [6.45, 7) is 8.87. The van der Waals surface area contributed by atoms with Crippen molar-refractivity contribution < 1.29 is 10.0 Å². The fraction of sp³-hybridized carbons (Fsp3) is 0.533. The van der Waals surface area contributed by atoms with E-state index >= 15 is 0 Å². The van der Waals surface area contributed by atoms with Crippen molar-refractivity contribution in [2.24, 2.45) is 5.10 Å². The van der Waals surface area contributed by atoms with Gasteiger partial charge in [-0.05, 0) is 12.3 Å². The van der Waals surface area contributed by atoms with Crippen molar-refractivity contribution in [1.82, 2.24) is 14.6 Å². The Morgan fingerprint density at radius 2 is 2.09 bits per heavy atom. The second-order valence-corrected chi connectivity index (χ2v) is 5.65. The van der Waals surface area contributed by atoms with Gasteiger partial charge < -0.3 is 14.6 Å². The first-order valence-electron chi connectivity index (χ1n) is 7.77. The average Bonchev–Trinajstić information content (AvgIpc) is 2.52. The van der Waals surface area contributed by atoms with Crippen molar-refractivity contribution in [3.63, 3.8) is 0 Å². The van der Waals surface area contributed by atoms with Gasteiger partial charge in [0.2, 0.25) is 0 Å². The van der Waals surface area contributed by atoms with E-state index in [0.717, 1.165) is 30.7 Å². The summed E-state index contributed by atoms with van der Waals surface area (Å²) in [7, 11) is 2.12. The Kier molecular flexibility index (Phi) is 5.38. The number of rotatable bonds is 5. The maximum absolute atomic E-state index is 12.5. The monoisotopic (exact) mass is 321 g/mol. The Bertz CT molecular complexity index is 711. The van der Waals surface area contributed by atoms with Crippen LogP contribution in [0.5, 0.6) is 5.88 Å². The first-order valence-corrected chi connectivity index (χ1v) is 7.77. The fourth-order valence-corrected chi connectivity index (χ4v) is 2.55. The zero-order valence-electron chi connectivity index (χ0n) is 13.6. The third-order valence-corrected chi connectivity index (χ3v) is 3.94. The minimum atomic E-state index is -0.720. The van der Waals surface area contributed by atoms with E-state index in [-0.39, 0.29) is 12.1 Å². The Balaban J connectivity index is 2.45. The molecule has 0 radical (unpaired) electrons. The van der Waals surface area contributed by atoms with Crippen LogP contribution in [-0.4, -0.2) is 53.5 Å². The van der Waals surface area contributed by atoms with Gasteiger partial charge in [0.25, 0.3) is 5.56 Å². The molecular formula is C15H23N5O3. The van der Waals surface area contributed by atoms with Gasteiger partial charge in [0.1, 0.15) is 0 Å². The molecule has 1 aliphatic rings. The lowest BCUT2D eigenvalue weighted by atomic mass is 10.1. The molecule has 0 spiro atoms. The Labute approximate surface area is 134 Å². The van der Waals surface area contributed by atoms with Crippen LogP contribution >= 0.6 is 0 Å². The standard InChI is InChI=1S/C15H23N5O3/c1-4-6-20-14(22)12(13(21)16-15(20)23)11(5-2)17-19-9-7-18(3)8-10-19/h4,22H,1,5-10H2,2-3H3,(H,16,21,23). The lowest BCUT2D eigenvalue weighted by molar-refractivity contribution is -0.884. The third kappa shape index (κ3) is 3.70. The molecule has 0 amide bonds. The summed E-state index contributed by atoms with van der Waals surface area (Å²) in [5.41, 5.74) is -1.04. The van der Waals surface area contributed by atoms with Crippen LogP contribution in [-0.2, 0) is 6.54 Å². The summed E-state index contributed by atoms with van der Waals surface area (Å²) in [5, 5.41) is 18.9. The van der Waals surface area contributed by atoms with Gasteiger partial charge in [0.05, 0.1) is 44.5 Å². The molecule has 1 aliphatic heterocycles. The van der Waals surface area contributed by atoms with Crippen LogP contribution in [0.4, 0.5) is 0 Å². The fourth-order valence-electron chi connectivity index (χ4n) is 2.55. The Morgan fingerprint density at radius 1 is 1.43 bits per heavy atom. The number of likely N-dealkylation sites (N-methyl/N-ethyl adjacent to an activating group) is 1. The van der Waals surface area contributed by atoms with Crippen molar-refractivity contribution >= 4 is 5.71 Å². The van der Waals surface area contributed by atoms with Gasteiger partial charge in [-0.15, -0.1) is 6.58 Å². The van der Waals surface area contributed by atoms with E-state index < -0.39 is 17.1 Å². The zero-order valence-corrected chi connectivity index (χ0v) is 13.6. The summed E-state index contributed by atoms with van der Waals surface area (Å²) in [6.07, 6.45) is 1.88. The number of hydrogen-bond donors (Lipinski definition) is 2.